The van der Waals surface area contributed by atoms with Gasteiger partial charge in [0.25, 0.3) is 0 Å². The lowest BCUT2D eigenvalue weighted by Gasteiger charge is -2.10. The van der Waals surface area contributed by atoms with Crippen LogP contribution in [0.2, 0.25) is 0 Å². The molecule has 2 aromatic carbocycles. The lowest BCUT2D eigenvalue weighted by atomic mass is 10.2. The first-order chi connectivity index (χ1) is 10.8. The maximum Gasteiger partial charge on any atom is 0.234 e. The number of hydrogen-bond donors (Lipinski definition) is 1. The molecule has 23 heavy (non-hydrogen) atoms. The quantitative estimate of drug-likeness (QED) is 0.840. The van der Waals surface area contributed by atoms with E-state index in [4.69, 9.17) is 0 Å². The zero-order valence-corrected chi connectivity index (χ0v) is 14.9. The molecule has 0 aliphatic rings. The first kappa shape index (κ1) is 17.6. The lowest BCUT2D eigenvalue weighted by molar-refractivity contribution is -0.113. The van der Waals surface area contributed by atoms with Crippen LogP contribution >= 0.6 is 11.8 Å². The third kappa shape index (κ3) is 4.84. The minimum absolute atomic E-state index is 0.117. The van der Waals surface area contributed by atoms with Crippen LogP contribution in [-0.2, 0) is 14.6 Å². The van der Waals surface area contributed by atoms with E-state index in [1.54, 1.807) is 19.1 Å². The van der Waals surface area contributed by atoms with E-state index in [1.807, 2.05) is 31.2 Å². The van der Waals surface area contributed by atoms with Gasteiger partial charge in [-0.3, -0.25) is 4.79 Å². The summed E-state index contributed by atoms with van der Waals surface area (Å²) < 4.78 is 23.0. The zero-order chi connectivity index (χ0) is 17.0. The van der Waals surface area contributed by atoms with Crippen LogP contribution in [0.25, 0.3) is 0 Å². The van der Waals surface area contributed by atoms with Gasteiger partial charge in [0.15, 0.2) is 9.84 Å². The van der Waals surface area contributed by atoms with Gasteiger partial charge < -0.3 is 5.32 Å². The zero-order valence-electron chi connectivity index (χ0n) is 13.3. The highest BCUT2D eigenvalue weighted by Crippen LogP contribution is 2.23. The lowest BCUT2D eigenvalue weighted by Crippen LogP contribution is -2.15. The van der Waals surface area contributed by atoms with Crippen LogP contribution in [-0.4, -0.2) is 26.3 Å². The molecule has 0 bridgehead atoms. The average molecular weight is 349 g/mol. The minimum Gasteiger partial charge on any atom is -0.325 e. The number of benzene rings is 2. The van der Waals surface area contributed by atoms with Crippen molar-refractivity contribution in [1.29, 1.82) is 0 Å². The summed E-state index contributed by atoms with van der Waals surface area (Å²) in [6.07, 6.45) is 1.17. The summed E-state index contributed by atoms with van der Waals surface area (Å²) in [7, 11) is -3.24. The Bertz CT molecular complexity index is 829. The van der Waals surface area contributed by atoms with Gasteiger partial charge in [-0.2, -0.15) is 0 Å². The average Bonchev–Trinajstić information content (AvgIpc) is 2.47. The SMILES string of the molecule is Cc1cc(S(C)(=O)=O)ccc1NC(=O)CSc1ccccc1C. The molecule has 0 saturated carbocycles. The van der Waals surface area contributed by atoms with Crippen LogP contribution in [0.4, 0.5) is 5.69 Å². The first-order valence-electron chi connectivity index (χ1n) is 7.06. The number of nitrogens with one attached hydrogen (secondary N) is 1. The van der Waals surface area contributed by atoms with Gasteiger partial charge in [-0.15, -0.1) is 11.8 Å². The van der Waals surface area contributed by atoms with Crippen LogP contribution in [0.5, 0.6) is 0 Å². The minimum atomic E-state index is -3.24. The number of hydrogen-bond acceptors (Lipinski definition) is 4. The molecule has 0 aliphatic carbocycles. The van der Waals surface area contributed by atoms with E-state index in [2.05, 4.69) is 5.32 Å². The molecule has 0 atom stereocenters. The number of rotatable bonds is 5. The van der Waals surface area contributed by atoms with Crippen molar-refractivity contribution >= 4 is 33.2 Å². The molecule has 0 heterocycles. The van der Waals surface area contributed by atoms with Gasteiger partial charge >= 0.3 is 0 Å². The second-order valence-corrected chi connectivity index (χ2v) is 8.38. The van der Waals surface area contributed by atoms with Crippen molar-refractivity contribution in [2.75, 3.05) is 17.3 Å². The summed E-state index contributed by atoms with van der Waals surface area (Å²) in [5.41, 5.74) is 2.49. The number of aryl methyl sites for hydroxylation is 2. The van der Waals surface area contributed by atoms with Gasteiger partial charge in [-0.05, 0) is 49.2 Å². The number of sulfone groups is 1. The van der Waals surface area contributed by atoms with E-state index in [-0.39, 0.29) is 10.8 Å². The molecule has 122 valence electrons. The predicted molar refractivity (Wildman–Crippen MR) is 94.8 cm³/mol. The smallest absolute Gasteiger partial charge is 0.234 e. The normalized spacial score (nSPS) is 11.3. The summed E-state index contributed by atoms with van der Waals surface area (Å²) >= 11 is 1.48. The fourth-order valence-electron chi connectivity index (χ4n) is 2.06. The van der Waals surface area contributed by atoms with Gasteiger partial charge in [-0.1, -0.05) is 18.2 Å². The number of thioether (sulfide) groups is 1. The van der Waals surface area contributed by atoms with Crippen LogP contribution in [0.1, 0.15) is 11.1 Å². The van der Waals surface area contributed by atoms with Gasteiger partial charge in [0.05, 0.1) is 10.6 Å². The maximum absolute atomic E-state index is 12.1. The van der Waals surface area contributed by atoms with Crippen molar-refractivity contribution in [2.24, 2.45) is 0 Å². The third-order valence-electron chi connectivity index (χ3n) is 3.35. The Morgan fingerprint density at radius 3 is 2.39 bits per heavy atom. The fraction of sp³-hybridized carbons (Fsp3) is 0.235. The Hall–Kier alpha value is -1.79. The largest absolute Gasteiger partial charge is 0.325 e. The number of carbonyl (C=O) groups excluding carboxylic acids is 1. The maximum atomic E-state index is 12.1. The predicted octanol–water partition coefficient (Wildman–Crippen LogP) is 3.44. The standard InChI is InChI=1S/C17H19NO3S2/c1-12-6-4-5-7-16(12)22-11-17(19)18-15-9-8-14(10-13(15)2)23(3,20)21/h4-10H,11H2,1-3H3,(H,18,19). The van der Waals surface area contributed by atoms with Crippen molar-refractivity contribution in [3.05, 3.63) is 53.6 Å². The molecule has 0 radical (unpaired) electrons. The number of carbonyl (C=O) groups is 1. The second-order valence-electron chi connectivity index (χ2n) is 5.35. The van der Waals surface area contributed by atoms with E-state index in [1.165, 1.54) is 24.1 Å². The summed E-state index contributed by atoms with van der Waals surface area (Å²) in [6, 6.07) is 12.6. The summed E-state index contributed by atoms with van der Waals surface area (Å²) in [5, 5.41) is 2.82. The Balaban J connectivity index is 2.02. The van der Waals surface area contributed by atoms with Crippen LogP contribution < -0.4 is 5.32 Å². The van der Waals surface area contributed by atoms with Crippen molar-refractivity contribution in [1.82, 2.24) is 0 Å². The third-order valence-corrected chi connectivity index (χ3v) is 5.64. The highest BCUT2D eigenvalue weighted by Gasteiger charge is 2.11. The molecular formula is C17H19NO3S2. The van der Waals surface area contributed by atoms with Gasteiger partial charge in [-0.25, -0.2) is 8.42 Å². The summed E-state index contributed by atoms with van der Waals surface area (Å²) in [4.78, 5) is 13.4. The molecule has 2 rings (SSSR count). The molecule has 4 nitrogen and oxygen atoms in total. The van der Waals surface area contributed by atoms with Crippen LogP contribution in [0, 0.1) is 13.8 Å². The summed E-state index contributed by atoms with van der Waals surface area (Å²) in [6.45, 7) is 3.78. The summed E-state index contributed by atoms with van der Waals surface area (Å²) in [5.74, 6) is 0.187. The monoisotopic (exact) mass is 349 g/mol. The van der Waals surface area contributed by atoms with Crippen LogP contribution in [0.15, 0.2) is 52.3 Å². The molecule has 0 aliphatic heterocycles. The molecule has 0 saturated heterocycles. The fourth-order valence-corrected chi connectivity index (χ4v) is 3.59. The van der Waals surface area contributed by atoms with E-state index in [9.17, 15) is 13.2 Å². The highest BCUT2D eigenvalue weighted by atomic mass is 32.2. The highest BCUT2D eigenvalue weighted by molar-refractivity contribution is 8.00. The molecular weight excluding hydrogens is 330 g/mol. The number of anilines is 1. The van der Waals surface area contributed by atoms with E-state index in [0.717, 1.165) is 16.0 Å². The van der Waals surface area contributed by atoms with Gasteiger partial charge in [0, 0.05) is 16.8 Å². The first-order valence-corrected chi connectivity index (χ1v) is 9.94. The van der Waals surface area contributed by atoms with Gasteiger partial charge in [0.2, 0.25) is 5.91 Å². The van der Waals surface area contributed by atoms with Gasteiger partial charge in [0.1, 0.15) is 0 Å². The van der Waals surface area contributed by atoms with Crippen molar-refractivity contribution in [3.63, 3.8) is 0 Å². The Kier molecular flexibility index (Phi) is 5.49. The molecule has 0 fully saturated rings. The molecule has 1 amide bonds. The topological polar surface area (TPSA) is 63.2 Å². The van der Waals surface area contributed by atoms with E-state index < -0.39 is 9.84 Å². The van der Waals surface area contributed by atoms with Crippen molar-refractivity contribution < 1.29 is 13.2 Å². The van der Waals surface area contributed by atoms with E-state index in [0.29, 0.717) is 11.4 Å². The van der Waals surface area contributed by atoms with E-state index >= 15 is 0 Å². The molecule has 0 spiro atoms. The van der Waals surface area contributed by atoms with Crippen molar-refractivity contribution in [3.8, 4) is 0 Å². The Morgan fingerprint density at radius 1 is 1.09 bits per heavy atom. The van der Waals surface area contributed by atoms with Crippen LogP contribution in [0.3, 0.4) is 0 Å². The molecule has 0 unspecified atom stereocenters. The molecule has 2 aromatic rings. The van der Waals surface area contributed by atoms with Crippen molar-refractivity contribution in [2.45, 2.75) is 23.6 Å². The number of amides is 1. The molecule has 6 heteroatoms. The Morgan fingerprint density at radius 2 is 1.78 bits per heavy atom. The molecule has 1 N–H and O–H groups in total. The Labute approximate surface area is 141 Å². The second kappa shape index (κ2) is 7.19. The molecule has 0 aromatic heterocycles.